The summed E-state index contributed by atoms with van der Waals surface area (Å²) in [6, 6.07) is 23.6. The molecule has 0 unspecified atom stereocenters. The Kier molecular flexibility index (Phi) is 36.1. The maximum Gasteiger partial charge on any atom is 0.267 e. The molecule has 4 heterocycles. The molecule has 0 bridgehead atoms. The average Bonchev–Trinajstić information content (AvgIpc) is 1.71. The molecule has 4 aromatic carbocycles. The van der Waals surface area contributed by atoms with Crippen molar-refractivity contribution in [3.8, 4) is 0 Å². The number of imidazole rings is 4. The minimum absolute atomic E-state index is 0.332. The maximum atomic E-state index is 11.2. The number of likely N-dealkylation sites (N-methyl/N-ethyl adjacent to an activating group) is 1. The highest BCUT2D eigenvalue weighted by Gasteiger charge is 2.19. The number of fused-ring (bicyclic) bond motifs is 4. The number of rotatable bonds is 34. The molecule has 24 heteroatoms. The number of carbonyl (C=O) groups excluding carboxylic acids is 4. The summed E-state index contributed by atoms with van der Waals surface area (Å²) in [5.74, 6) is -0.141. The number of hydroxylamine groups is 4. The highest BCUT2D eigenvalue weighted by atomic mass is 16.5. The lowest BCUT2D eigenvalue weighted by Crippen LogP contribution is -2.34. The standard InChI is InChI=1S/C24H38N4O2.C20H30N4O2.C19H28N4O2.C18H26N4O2/c1-23(2,3)11-13-27(14-12-24(4,5)6)15-16-28-18-25-20-17-19(7-9-21(20)28)8-10-22(29)26-30;1-15(2)12-23(13-16(3)4)9-10-24-14-21-18-11-17(5-7-19(18)24)6-8-20(25)22-26;1-4-15(5-2)13-22(3)10-11-23-14-20-17-12-16(6-8-18(17)23)7-9-19(24)21-25;1-18(2,3)8-9-19-10-11-22-13-20-15-12-14(4-6-16(15)22)5-7-17(23)21-24/h7-10,17-18,30H,11-16H2,1-6H3,(H,26,29);5-8,11,14-16,26H,9-10,12-13H2,1-4H3,(H,22,25);6-9,12,14-15,25H,4-5,10-11,13H2,1-3H3,(H,21,24);4-7,12-13,19,24H,8-11H2,1-3H3,(H,21,23)/b10-8+;8-6+;9-7+;7-5+. The van der Waals surface area contributed by atoms with E-state index in [4.69, 9.17) is 20.8 Å². The summed E-state index contributed by atoms with van der Waals surface area (Å²) in [6.07, 6.45) is 25.1. The van der Waals surface area contributed by atoms with Crippen molar-refractivity contribution in [3.63, 3.8) is 0 Å². The third-order valence-corrected chi connectivity index (χ3v) is 17.7. The summed E-state index contributed by atoms with van der Waals surface area (Å²) in [4.78, 5) is 69.7. The van der Waals surface area contributed by atoms with Gasteiger partial charge in [0.2, 0.25) is 0 Å². The van der Waals surface area contributed by atoms with Crippen LogP contribution in [0.15, 0.2) is 122 Å². The van der Waals surface area contributed by atoms with Crippen LogP contribution in [0.1, 0.15) is 158 Å². The van der Waals surface area contributed by atoms with Gasteiger partial charge in [-0.3, -0.25) is 40.0 Å². The predicted molar refractivity (Wildman–Crippen MR) is 424 cm³/mol. The third kappa shape index (κ3) is 32.7. The van der Waals surface area contributed by atoms with E-state index in [9.17, 15) is 19.2 Å². The molecule has 105 heavy (non-hydrogen) atoms. The van der Waals surface area contributed by atoms with Crippen LogP contribution >= 0.6 is 0 Å². The van der Waals surface area contributed by atoms with Gasteiger partial charge in [0, 0.05) is 96.3 Å². The Bertz CT molecular complexity index is 4050. The van der Waals surface area contributed by atoms with Crippen LogP contribution in [0.3, 0.4) is 0 Å². The van der Waals surface area contributed by atoms with Crippen LogP contribution in [0.25, 0.3) is 68.4 Å². The number of nitrogens with zero attached hydrogens (tertiary/aromatic N) is 11. The summed E-state index contributed by atoms with van der Waals surface area (Å²) in [5.41, 5.74) is 18.7. The second-order valence-corrected chi connectivity index (χ2v) is 31.5. The van der Waals surface area contributed by atoms with Gasteiger partial charge in [-0.15, -0.1) is 0 Å². The SMILES string of the molecule is CC(C)(C)CCN(CCn1cnc2cc(/C=C/C(=O)NO)ccc21)CCC(C)(C)C.CC(C)(C)CCNCCn1cnc2cc(/C=C/C(=O)NO)ccc21.CC(C)CN(CCn1cnc2cc(/C=C/C(=O)NO)ccc21)CC(C)C.CCC(CC)CN(C)CCn1cnc2cc(/C=C/C(=O)NO)ccc21. The topological polar surface area (TPSA) is 290 Å². The Hall–Kier alpha value is -8.72. The normalized spacial score (nSPS) is 12.3. The Balaban J connectivity index is 0.000000252. The first-order valence-corrected chi connectivity index (χ1v) is 36.9. The fraction of sp³-hybridized carbons (Fsp3) is 0.506. The molecule has 4 amide bonds. The van der Waals surface area contributed by atoms with E-state index in [2.05, 4.69) is 169 Å². The molecule has 0 atom stereocenters. The third-order valence-electron chi connectivity index (χ3n) is 17.7. The average molecular weight is 1450 g/mol. The smallest absolute Gasteiger partial charge is 0.267 e. The molecule has 0 aliphatic rings. The van der Waals surface area contributed by atoms with E-state index in [1.807, 2.05) is 98.1 Å². The van der Waals surface area contributed by atoms with E-state index in [-0.39, 0.29) is 0 Å². The second-order valence-electron chi connectivity index (χ2n) is 31.5. The van der Waals surface area contributed by atoms with Gasteiger partial charge in [-0.2, -0.15) is 0 Å². The zero-order valence-electron chi connectivity index (χ0n) is 65.4. The fourth-order valence-electron chi connectivity index (χ4n) is 11.5. The molecule has 4 aromatic heterocycles. The van der Waals surface area contributed by atoms with Gasteiger partial charge >= 0.3 is 0 Å². The van der Waals surface area contributed by atoms with Gasteiger partial charge in [0.25, 0.3) is 23.6 Å². The van der Waals surface area contributed by atoms with Crippen LogP contribution in [0.4, 0.5) is 0 Å². The Morgan fingerprint density at radius 3 is 1.02 bits per heavy atom. The van der Waals surface area contributed by atoms with Crippen molar-refractivity contribution in [1.29, 1.82) is 0 Å². The van der Waals surface area contributed by atoms with Crippen molar-refractivity contribution in [2.75, 3.05) is 72.5 Å². The Morgan fingerprint density at radius 1 is 0.419 bits per heavy atom. The van der Waals surface area contributed by atoms with Gasteiger partial charge in [0.05, 0.1) is 69.4 Å². The van der Waals surface area contributed by atoms with Crippen LogP contribution in [-0.2, 0) is 45.4 Å². The van der Waals surface area contributed by atoms with Gasteiger partial charge in [0.15, 0.2) is 0 Å². The molecule has 8 aromatic rings. The fourth-order valence-corrected chi connectivity index (χ4v) is 11.5. The van der Waals surface area contributed by atoms with E-state index in [0.717, 1.165) is 170 Å². The molecule has 0 radical (unpaired) electrons. The van der Waals surface area contributed by atoms with Crippen molar-refractivity contribution >= 4 is 92.1 Å². The molecule has 24 nitrogen and oxygen atoms in total. The van der Waals surface area contributed by atoms with Crippen LogP contribution < -0.4 is 27.2 Å². The first kappa shape index (κ1) is 86.9. The number of hydrogen-bond donors (Lipinski definition) is 9. The molecule has 574 valence electrons. The summed E-state index contributed by atoms with van der Waals surface area (Å²) in [5, 5.41) is 37.6. The lowest BCUT2D eigenvalue weighted by Gasteiger charge is -2.29. The number of aromatic nitrogens is 8. The van der Waals surface area contributed by atoms with E-state index >= 15 is 0 Å². The molecule has 0 aliphatic carbocycles. The predicted octanol–water partition coefficient (Wildman–Crippen LogP) is 13.4. The van der Waals surface area contributed by atoms with Gasteiger partial charge in [0.1, 0.15) is 0 Å². The zero-order valence-corrected chi connectivity index (χ0v) is 65.4. The minimum atomic E-state index is -0.554. The summed E-state index contributed by atoms with van der Waals surface area (Å²) < 4.78 is 8.65. The van der Waals surface area contributed by atoms with Crippen LogP contribution in [0.5, 0.6) is 0 Å². The van der Waals surface area contributed by atoms with E-state index in [1.54, 1.807) is 46.2 Å². The number of nitrogens with one attached hydrogen (secondary N) is 5. The first-order valence-electron chi connectivity index (χ1n) is 36.9. The highest BCUT2D eigenvalue weighted by Crippen LogP contribution is 2.25. The number of hydrogen-bond acceptors (Lipinski definition) is 16. The minimum Gasteiger partial charge on any atom is -0.329 e. The lowest BCUT2D eigenvalue weighted by molar-refractivity contribution is -0.124. The summed E-state index contributed by atoms with van der Waals surface area (Å²) in [6.45, 7) is 48.1. The van der Waals surface area contributed by atoms with E-state index < -0.39 is 23.6 Å². The van der Waals surface area contributed by atoms with Crippen molar-refractivity contribution in [3.05, 3.63) is 145 Å². The molecule has 0 saturated carbocycles. The highest BCUT2D eigenvalue weighted by molar-refractivity contribution is 5.94. The Morgan fingerprint density at radius 2 is 0.724 bits per heavy atom. The summed E-state index contributed by atoms with van der Waals surface area (Å²) in [7, 11) is 2.17. The molecular weight excluding hydrogens is 1320 g/mol. The van der Waals surface area contributed by atoms with Crippen molar-refractivity contribution < 1.29 is 40.0 Å². The van der Waals surface area contributed by atoms with Gasteiger partial charge in [-0.25, -0.2) is 41.9 Å². The maximum absolute atomic E-state index is 11.2. The molecule has 0 fully saturated rings. The second kappa shape index (κ2) is 43.7. The quantitative estimate of drug-likeness (QED) is 0.00784. The lowest BCUT2D eigenvalue weighted by atomic mass is 9.90. The van der Waals surface area contributed by atoms with Crippen LogP contribution in [0.2, 0.25) is 0 Å². The zero-order chi connectivity index (χ0) is 77.3. The van der Waals surface area contributed by atoms with Crippen molar-refractivity contribution in [2.24, 2.45) is 34.0 Å². The largest absolute Gasteiger partial charge is 0.329 e. The van der Waals surface area contributed by atoms with E-state index in [1.165, 1.54) is 50.0 Å². The number of carbonyl (C=O) groups is 4. The molecule has 0 spiro atoms. The summed E-state index contributed by atoms with van der Waals surface area (Å²) >= 11 is 0. The monoisotopic (exact) mass is 1450 g/mol. The van der Waals surface area contributed by atoms with Crippen LogP contribution in [0, 0.1) is 34.0 Å². The van der Waals surface area contributed by atoms with Gasteiger partial charge in [-0.1, -0.05) is 141 Å². The molecule has 9 N–H and O–H groups in total. The molecule has 8 rings (SSSR count). The van der Waals surface area contributed by atoms with Gasteiger partial charge < -0.3 is 38.3 Å². The van der Waals surface area contributed by atoms with Crippen molar-refractivity contribution in [1.82, 2.24) is 80.1 Å². The number of benzene rings is 4. The number of amides is 4. The van der Waals surface area contributed by atoms with E-state index in [0.29, 0.717) is 28.1 Å². The molecular formula is C81H122N16O8. The molecule has 0 saturated heterocycles. The van der Waals surface area contributed by atoms with Gasteiger partial charge in [-0.05, 0) is 175 Å². The van der Waals surface area contributed by atoms with Crippen LogP contribution in [-0.4, -0.2) is 170 Å². The molecule has 0 aliphatic heterocycles. The first-order chi connectivity index (χ1) is 49.8. The van der Waals surface area contributed by atoms with Crippen molar-refractivity contribution in [2.45, 2.75) is 162 Å². The Labute approximate surface area is 622 Å².